The maximum atomic E-state index is 14.0. The smallest absolute Gasteiger partial charge is 0.248 e. The first-order valence-electron chi connectivity index (χ1n) is 13.8. The second kappa shape index (κ2) is 11.6. The number of fused-ring (bicyclic) bond motifs is 1. The van der Waals surface area contributed by atoms with Crippen molar-refractivity contribution in [3.05, 3.63) is 82.6 Å². The van der Waals surface area contributed by atoms with E-state index >= 15 is 0 Å². The molecule has 1 fully saturated rings. The first-order chi connectivity index (χ1) is 20.0. The number of benzene rings is 1. The second-order valence-corrected chi connectivity index (χ2v) is 11.8. The molecule has 0 unspecified atom stereocenters. The molecule has 5 rings (SSSR count). The van der Waals surface area contributed by atoms with Crippen LogP contribution in [0.2, 0.25) is 0 Å². The molecule has 0 aliphatic carbocycles. The summed E-state index contributed by atoms with van der Waals surface area (Å²) in [7, 11) is 0. The third-order valence-electron chi connectivity index (χ3n) is 7.93. The lowest BCUT2D eigenvalue weighted by Crippen LogP contribution is -2.48. The van der Waals surface area contributed by atoms with E-state index in [9.17, 15) is 14.4 Å². The largest absolute Gasteiger partial charge is 0.337 e. The predicted molar refractivity (Wildman–Crippen MR) is 166 cm³/mol. The zero-order chi connectivity index (χ0) is 30.3. The van der Waals surface area contributed by atoms with Crippen LogP contribution in [0, 0.1) is 26.7 Å². The van der Waals surface area contributed by atoms with Gasteiger partial charge in [0.15, 0.2) is 5.78 Å². The van der Waals surface area contributed by atoms with Gasteiger partial charge in [-0.2, -0.15) is 0 Å². The van der Waals surface area contributed by atoms with Crippen molar-refractivity contribution < 1.29 is 14.4 Å². The fourth-order valence-electron chi connectivity index (χ4n) is 5.83. The fourth-order valence-corrected chi connectivity index (χ4v) is 6.14. The number of carbonyl (C=O) groups is 3. The lowest BCUT2D eigenvalue weighted by Gasteiger charge is -2.29. The highest BCUT2D eigenvalue weighted by atomic mass is 79.9. The Morgan fingerprint density at radius 1 is 1.10 bits per heavy atom. The number of likely N-dealkylation sites (tertiary alicyclic amines) is 1. The van der Waals surface area contributed by atoms with Crippen molar-refractivity contribution in [2.24, 2.45) is 5.92 Å². The molecule has 1 N–H and O–H groups in total. The van der Waals surface area contributed by atoms with E-state index in [4.69, 9.17) is 0 Å². The number of carbonyl (C=O) groups excluding carboxylic acids is 3. The van der Waals surface area contributed by atoms with Gasteiger partial charge >= 0.3 is 0 Å². The normalized spacial score (nSPS) is 18.3. The molecule has 1 aliphatic rings. The van der Waals surface area contributed by atoms with Crippen LogP contribution in [-0.4, -0.2) is 54.1 Å². The van der Waals surface area contributed by atoms with Crippen LogP contribution in [0.15, 0.2) is 60.1 Å². The van der Waals surface area contributed by atoms with Gasteiger partial charge in [-0.25, -0.2) is 15.0 Å². The molecular weight excluding hydrogens is 596 g/mol. The zero-order valence-corrected chi connectivity index (χ0v) is 25.9. The summed E-state index contributed by atoms with van der Waals surface area (Å²) in [6, 6.07) is 6.62. The molecule has 216 valence electrons. The molecule has 10 heteroatoms. The number of hydrogen-bond acceptors (Lipinski definition) is 6. The standard InChI is InChI=1S/C32H33BrN6O3/c1-7-26-18(3)11-27(32(42)37-31-17(2)8-9-28(33)36-31)39(26)29(41)16-38-15-25(20(5)40)24-12-22(10-19(4)30(24)38)23-13-34-21(6)35-14-23/h7-10,12-15,18,26-27H,1,11,16H2,2-6H3,(H,36,37,42)/t18-,26+,27-/m0/s1. The summed E-state index contributed by atoms with van der Waals surface area (Å²) in [5, 5.41) is 3.68. The summed E-state index contributed by atoms with van der Waals surface area (Å²) in [5.41, 5.74) is 4.77. The van der Waals surface area contributed by atoms with Crippen LogP contribution in [0.4, 0.5) is 5.82 Å². The second-order valence-electron chi connectivity index (χ2n) is 11.0. The van der Waals surface area contributed by atoms with E-state index in [1.807, 2.05) is 56.5 Å². The van der Waals surface area contributed by atoms with Gasteiger partial charge < -0.3 is 14.8 Å². The highest BCUT2D eigenvalue weighted by Gasteiger charge is 2.44. The Hall–Kier alpha value is -4.18. The molecule has 0 saturated carbocycles. The Morgan fingerprint density at radius 2 is 1.81 bits per heavy atom. The van der Waals surface area contributed by atoms with Crippen LogP contribution < -0.4 is 5.32 Å². The van der Waals surface area contributed by atoms with Gasteiger partial charge in [0.25, 0.3) is 0 Å². The van der Waals surface area contributed by atoms with E-state index in [0.29, 0.717) is 28.2 Å². The van der Waals surface area contributed by atoms with Gasteiger partial charge in [-0.1, -0.05) is 19.1 Å². The fraction of sp³-hybridized carbons (Fsp3) is 0.312. The minimum absolute atomic E-state index is 0.0351. The maximum absolute atomic E-state index is 14.0. The van der Waals surface area contributed by atoms with Crippen LogP contribution in [0.3, 0.4) is 0 Å². The van der Waals surface area contributed by atoms with Crippen LogP contribution in [0.1, 0.15) is 47.6 Å². The Bertz CT molecular complexity index is 1730. The first-order valence-corrected chi connectivity index (χ1v) is 14.6. The number of Topliss-reactive ketones (excluding diaryl/α,β-unsaturated/α-hetero) is 1. The molecule has 0 spiro atoms. The van der Waals surface area contributed by atoms with E-state index in [2.05, 4.69) is 42.8 Å². The summed E-state index contributed by atoms with van der Waals surface area (Å²) in [4.78, 5) is 54.9. The van der Waals surface area contributed by atoms with Crippen LogP contribution in [0.5, 0.6) is 0 Å². The molecule has 9 nitrogen and oxygen atoms in total. The SMILES string of the molecule is C=C[C@@H]1[C@@H](C)C[C@@H](C(=O)Nc2nc(Br)ccc2C)N1C(=O)Cn1cc(C(C)=O)c2cc(-c3cnc(C)nc3)cc(C)c21. The summed E-state index contributed by atoms with van der Waals surface area (Å²) in [6.07, 6.45) is 7.48. The van der Waals surface area contributed by atoms with Gasteiger partial charge in [-0.05, 0) is 90.9 Å². The highest BCUT2D eigenvalue weighted by molar-refractivity contribution is 9.10. The molecule has 3 aromatic heterocycles. The number of pyridine rings is 1. The Kier molecular flexibility index (Phi) is 8.10. The average molecular weight is 630 g/mol. The number of rotatable bonds is 7. The van der Waals surface area contributed by atoms with Crippen LogP contribution >= 0.6 is 15.9 Å². The molecule has 4 heterocycles. The van der Waals surface area contributed by atoms with Crippen molar-refractivity contribution in [1.82, 2.24) is 24.4 Å². The Balaban J connectivity index is 1.50. The number of nitrogens with one attached hydrogen (secondary N) is 1. The number of aromatic nitrogens is 4. The minimum Gasteiger partial charge on any atom is -0.337 e. The van der Waals surface area contributed by atoms with Crippen LogP contribution in [-0.2, 0) is 16.1 Å². The molecule has 1 aromatic carbocycles. The quantitative estimate of drug-likeness (QED) is 0.157. The zero-order valence-electron chi connectivity index (χ0n) is 24.3. The molecule has 4 aromatic rings. The molecule has 1 saturated heterocycles. The summed E-state index contributed by atoms with van der Waals surface area (Å²) in [5.74, 6) is 0.533. The van der Waals surface area contributed by atoms with Crippen LogP contribution in [0.25, 0.3) is 22.0 Å². The predicted octanol–water partition coefficient (Wildman–Crippen LogP) is 5.81. The highest BCUT2D eigenvalue weighted by Crippen LogP contribution is 2.34. The molecule has 3 atom stereocenters. The molecule has 1 aliphatic heterocycles. The van der Waals surface area contributed by atoms with Crippen molar-refractivity contribution in [3.63, 3.8) is 0 Å². The van der Waals surface area contributed by atoms with E-state index in [0.717, 1.165) is 33.2 Å². The van der Waals surface area contributed by atoms with Crippen molar-refractivity contribution in [1.29, 1.82) is 0 Å². The Labute approximate surface area is 253 Å². The number of aryl methyl sites for hydroxylation is 3. The number of anilines is 1. The molecular formula is C32H33BrN6O3. The Morgan fingerprint density at radius 3 is 2.48 bits per heavy atom. The number of nitrogens with zero attached hydrogens (tertiary/aromatic N) is 5. The van der Waals surface area contributed by atoms with Gasteiger partial charge in [0.2, 0.25) is 11.8 Å². The van der Waals surface area contributed by atoms with Crippen molar-refractivity contribution in [2.75, 3.05) is 5.32 Å². The van der Waals surface area contributed by atoms with Gasteiger partial charge in [0.05, 0.1) is 11.6 Å². The maximum Gasteiger partial charge on any atom is 0.248 e. The lowest BCUT2D eigenvalue weighted by atomic mass is 10.0. The average Bonchev–Trinajstić information content (AvgIpc) is 3.48. The summed E-state index contributed by atoms with van der Waals surface area (Å²) >= 11 is 3.36. The molecule has 0 bridgehead atoms. The molecule has 0 radical (unpaired) electrons. The van der Waals surface area contributed by atoms with Gasteiger partial charge in [-0.15, -0.1) is 6.58 Å². The summed E-state index contributed by atoms with van der Waals surface area (Å²) < 4.78 is 2.42. The number of amides is 2. The minimum atomic E-state index is -0.695. The van der Waals surface area contributed by atoms with E-state index in [1.165, 1.54) is 6.92 Å². The topological polar surface area (TPSA) is 110 Å². The third-order valence-corrected chi connectivity index (χ3v) is 8.38. The number of hydrogen-bond donors (Lipinski definition) is 1. The monoisotopic (exact) mass is 628 g/mol. The molecule has 42 heavy (non-hydrogen) atoms. The van der Waals surface area contributed by atoms with Crippen molar-refractivity contribution in [2.45, 2.75) is 59.7 Å². The van der Waals surface area contributed by atoms with Gasteiger partial charge in [-0.3, -0.25) is 14.4 Å². The summed E-state index contributed by atoms with van der Waals surface area (Å²) in [6.45, 7) is 13.1. The van der Waals surface area contributed by atoms with Crippen molar-refractivity contribution in [3.8, 4) is 11.1 Å². The number of ketones is 1. The third kappa shape index (κ3) is 5.51. The lowest BCUT2D eigenvalue weighted by molar-refractivity contribution is -0.138. The van der Waals surface area contributed by atoms with E-state index in [-0.39, 0.29) is 36.1 Å². The van der Waals surface area contributed by atoms with Gasteiger partial charge in [0, 0.05) is 35.1 Å². The first kappa shape index (κ1) is 29.3. The van der Waals surface area contributed by atoms with E-state index < -0.39 is 6.04 Å². The van der Waals surface area contributed by atoms with Crippen molar-refractivity contribution >= 4 is 50.2 Å². The molecule has 2 amide bonds. The number of halogens is 1. The van der Waals surface area contributed by atoms with E-state index in [1.54, 1.807) is 29.6 Å². The van der Waals surface area contributed by atoms with Gasteiger partial charge in [0.1, 0.15) is 28.8 Å².